The molecule has 68 valence electrons. The number of anilines is 1. The summed E-state index contributed by atoms with van der Waals surface area (Å²) in [6.07, 6.45) is 4.62. The van der Waals surface area contributed by atoms with Gasteiger partial charge in [0.25, 0.3) is 0 Å². The van der Waals surface area contributed by atoms with E-state index in [0.29, 0.717) is 16.3 Å². The highest BCUT2D eigenvalue weighted by Gasteiger charge is 2.09. The molecular weight excluding hydrogens is 186 g/mol. The lowest BCUT2D eigenvalue weighted by Crippen LogP contribution is -2.00. The Bertz CT molecular complexity index is 343. The number of terminal acetylenes is 1. The van der Waals surface area contributed by atoms with Crippen molar-refractivity contribution in [3.63, 3.8) is 0 Å². The Balaban J connectivity index is 2.96. The molecule has 0 spiro atoms. The van der Waals surface area contributed by atoms with E-state index >= 15 is 0 Å². The van der Waals surface area contributed by atoms with Crippen molar-refractivity contribution in [3.8, 4) is 12.3 Å². The number of nitrogen functional groups attached to an aromatic ring is 1. The Morgan fingerprint density at radius 3 is 2.85 bits per heavy atom. The van der Waals surface area contributed by atoms with Crippen molar-refractivity contribution < 1.29 is 5.11 Å². The molecule has 0 saturated heterocycles. The standard InChI is InChI=1S/C10H10ClNO/c1-2-3-10(13)8-5-4-7(11)6-9(8)12/h1,4-6,10,13H,3,12H2. The van der Waals surface area contributed by atoms with Gasteiger partial charge in [-0.1, -0.05) is 17.7 Å². The van der Waals surface area contributed by atoms with Gasteiger partial charge in [0.15, 0.2) is 0 Å². The third kappa shape index (κ3) is 2.38. The molecule has 0 aliphatic carbocycles. The lowest BCUT2D eigenvalue weighted by molar-refractivity contribution is 0.185. The molecule has 0 bridgehead atoms. The van der Waals surface area contributed by atoms with Gasteiger partial charge in [0.1, 0.15) is 0 Å². The Labute approximate surface area is 82.3 Å². The summed E-state index contributed by atoms with van der Waals surface area (Å²) in [6.45, 7) is 0. The second-order valence-electron chi connectivity index (χ2n) is 2.70. The molecule has 3 heteroatoms. The van der Waals surface area contributed by atoms with Crippen LogP contribution in [-0.4, -0.2) is 5.11 Å². The van der Waals surface area contributed by atoms with Crippen LogP contribution in [0.4, 0.5) is 5.69 Å². The van der Waals surface area contributed by atoms with Gasteiger partial charge in [0.05, 0.1) is 6.10 Å². The van der Waals surface area contributed by atoms with Crippen LogP contribution in [0.1, 0.15) is 18.1 Å². The molecule has 0 aliphatic heterocycles. The predicted octanol–water partition coefficient (Wildman–Crippen LogP) is 1.98. The van der Waals surface area contributed by atoms with Gasteiger partial charge < -0.3 is 10.8 Å². The monoisotopic (exact) mass is 195 g/mol. The normalized spacial score (nSPS) is 12.1. The Hall–Kier alpha value is -1.17. The average molecular weight is 196 g/mol. The highest BCUT2D eigenvalue weighted by atomic mass is 35.5. The van der Waals surface area contributed by atoms with Crippen LogP contribution >= 0.6 is 11.6 Å². The number of halogens is 1. The first-order chi connectivity index (χ1) is 6.15. The maximum absolute atomic E-state index is 9.53. The molecular formula is C10H10ClNO. The number of hydrogen-bond acceptors (Lipinski definition) is 2. The van der Waals surface area contributed by atoms with Crippen molar-refractivity contribution in [2.45, 2.75) is 12.5 Å². The van der Waals surface area contributed by atoms with E-state index in [4.69, 9.17) is 23.8 Å². The third-order valence-corrected chi connectivity index (χ3v) is 1.95. The lowest BCUT2D eigenvalue weighted by Gasteiger charge is -2.10. The molecule has 13 heavy (non-hydrogen) atoms. The van der Waals surface area contributed by atoms with Crippen molar-refractivity contribution in [1.29, 1.82) is 0 Å². The zero-order valence-electron chi connectivity index (χ0n) is 7.00. The van der Waals surface area contributed by atoms with Gasteiger partial charge in [-0.25, -0.2) is 0 Å². The third-order valence-electron chi connectivity index (χ3n) is 1.72. The minimum atomic E-state index is -0.706. The van der Waals surface area contributed by atoms with Crippen LogP contribution in [-0.2, 0) is 0 Å². The van der Waals surface area contributed by atoms with E-state index in [9.17, 15) is 5.11 Å². The summed E-state index contributed by atoms with van der Waals surface area (Å²) < 4.78 is 0. The second kappa shape index (κ2) is 4.18. The summed E-state index contributed by atoms with van der Waals surface area (Å²) in [5, 5.41) is 10.1. The van der Waals surface area contributed by atoms with Gasteiger partial charge in [-0.3, -0.25) is 0 Å². The Kier molecular flexibility index (Phi) is 3.18. The van der Waals surface area contributed by atoms with E-state index < -0.39 is 6.10 Å². The highest BCUT2D eigenvalue weighted by molar-refractivity contribution is 6.30. The van der Waals surface area contributed by atoms with Crippen molar-refractivity contribution in [1.82, 2.24) is 0 Å². The van der Waals surface area contributed by atoms with Crippen molar-refractivity contribution in [2.75, 3.05) is 5.73 Å². The van der Waals surface area contributed by atoms with Crippen LogP contribution in [0.5, 0.6) is 0 Å². The summed E-state index contributed by atoms with van der Waals surface area (Å²) in [4.78, 5) is 0. The van der Waals surface area contributed by atoms with Crippen molar-refractivity contribution >= 4 is 17.3 Å². The molecule has 0 radical (unpaired) electrons. The number of nitrogens with two attached hydrogens (primary N) is 1. The maximum atomic E-state index is 9.53. The van der Waals surface area contributed by atoms with Crippen LogP contribution in [0.2, 0.25) is 5.02 Å². The number of benzene rings is 1. The van der Waals surface area contributed by atoms with Gasteiger partial charge in [0.2, 0.25) is 0 Å². The van der Waals surface area contributed by atoms with E-state index in [-0.39, 0.29) is 6.42 Å². The van der Waals surface area contributed by atoms with Crippen molar-refractivity contribution in [2.24, 2.45) is 0 Å². The van der Waals surface area contributed by atoms with E-state index in [1.807, 2.05) is 0 Å². The molecule has 2 nitrogen and oxygen atoms in total. The number of aliphatic hydroxyl groups excluding tert-OH is 1. The van der Waals surface area contributed by atoms with Gasteiger partial charge in [0, 0.05) is 22.7 Å². The molecule has 3 N–H and O–H groups in total. The van der Waals surface area contributed by atoms with Gasteiger partial charge in [-0.15, -0.1) is 12.3 Å². The zero-order valence-corrected chi connectivity index (χ0v) is 7.75. The first-order valence-corrected chi connectivity index (χ1v) is 4.19. The molecule has 0 amide bonds. The predicted molar refractivity (Wildman–Crippen MR) is 54.3 cm³/mol. The molecule has 1 unspecified atom stereocenters. The van der Waals surface area contributed by atoms with E-state index in [2.05, 4.69) is 5.92 Å². The fourth-order valence-corrected chi connectivity index (χ4v) is 1.25. The molecule has 1 aromatic rings. The molecule has 0 fully saturated rings. The van der Waals surface area contributed by atoms with E-state index in [1.54, 1.807) is 18.2 Å². The summed E-state index contributed by atoms with van der Waals surface area (Å²) in [5.41, 5.74) is 6.73. The Morgan fingerprint density at radius 2 is 2.31 bits per heavy atom. The molecule has 1 atom stereocenters. The smallest absolute Gasteiger partial charge is 0.0918 e. The Morgan fingerprint density at radius 1 is 1.62 bits per heavy atom. The quantitative estimate of drug-likeness (QED) is 0.560. The molecule has 0 aromatic heterocycles. The lowest BCUT2D eigenvalue weighted by atomic mass is 10.1. The summed E-state index contributed by atoms with van der Waals surface area (Å²) in [7, 11) is 0. The number of hydrogen-bond donors (Lipinski definition) is 2. The van der Waals surface area contributed by atoms with Gasteiger partial charge in [-0.2, -0.15) is 0 Å². The maximum Gasteiger partial charge on any atom is 0.0918 e. The largest absolute Gasteiger partial charge is 0.398 e. The van der Waals surface area contributed by atoms with E-state index in [1.165, 1.54) is 0 Å². The van der Waals surface area contributed by atoms with Crippen LogP contribution in [0.25, 0.3) is 0 Å². The molecule has 1 aromatic carbocycles. The van der Waals surface area contributed by atoms with Gasteiger partial charge in [-0.05, 0) is 12.1 Å². The van der Waals surface area contributed by atoms with Crippen LogP contribution in [0.15, 0.2) is 18.2 Å². The molecule has 0 heterocycles. The van der Waals surface area contributed by atoms with Crippen LogP contribution in [0.3, 0.4) is 0 Å². The minimum Gasteiger partial charge on any atom is -0.398 e. The van der Waals surface area contributed by atoms with Gasteiger partial charge >= 0.3 is 0 Å². The number of aliphatic hydroxyl groups is 1. The molecule has 1 rings (SSSR count). The fourth-order valence-electron chi connectivity index (χ4n) is 1.07. The average Bonchev–Trinajstić information content (AvgIpc) is 2.04. The summed E-state index contributed by atoms with van der Waals surface area (Å²) >= 11 is 5.70. The van der Waals surface area contributed by atoms with Crippen molar-refractivity contribution in [3.05, 3.63) is 28.8 Å². The topological polar surface area (TPSA) is 46.2 Å². The summed E-state index contributed by atoms with van der Waals surface area (Å²) in [6, 6.07) is 4.95. The van der Waals surface area contributed by atoms with Crippen LogP contribution in [0, 0.1) is 12.3 Å². The molecule has 0 saturated carbocycles. The molecule has 0 aliphatic rings. The SMILES string of the molecule is C#CCC(O)c1ccc(Cl)cc1N. The fraction of sp³-hybridized carbons (Fsp3) is 0.200. The van der Waals surface area contributed by atoms with E-state index in [0.717, 1.165) is 0 Å². The second-order valence-corrected chi connectivity index (χ2v) is 3.13. The van der Waals surface area contributed by atoms with Crippen LogP contribution < -0.4 is 5.73 Å². The summed E-state index contributed by atoms with van der Waals surface area (Å²) in [5.74, 6) is 2.37. The number of rotatable bonds is 2. The first kappa shape index (κ1) is 9.91. The first-order valence-electron chi connectivity index (χ1n) is 3.81. The minimum absolute atomic E-state index is 0.256. The highest BCUT2D eigenvalue weighted by Crippen LogP contribution is 2.25. The zero-order chi connectivity index (χ0) is 9.84.